The minimum absolute atomic E-state index is 0.147. The van der Waals surface area contributed by atoms with Crippen molar-refractivity contribution in [3.8, 4) is 17.1 Å². The van der Waals surface area contributed by atoms with Gasteiger partial charge in [-0.3, -0.25) is 14.3 Å². The maximum absolute atomic E-state index is 12.3. The summed E-state index contributed by atoms with van der Waals surface area (Å²) in [4.78, 5) is 23.1. The zero-order valence-electron chi connectivity index (χ0n) is 18.7. The highest BCUT2D eigenvalue weighted by molar-refractivity contribution is 7.98. The molecule has 0 unspecified atom stereocenters. The molecule has 4 aromatic rings. The van der Waals surface area contributed by atoms with Crippen LogP contribution >= 0.6 is 23.1 Å². The Labute approximate surface area is 201 Å². The average molecular weight is 480 g/mol. The lowest BCUT2D eigenvalue weighted by Gasteiger charge is -2.10. The predicted molar refractivity (Wildman–Crippen MR) is 132 cm³/mol. The normalized spacial score (nSPS) is 11.2. The fourth-order valence-corrected chi connectivity index (χ4v) is 4.81. The molecule has 1 aromatic carbocycles. The summed E-state index contributed by atoms with van der Waals surface area (Å²) in [6, 6.07) is 12.1. The van der Waals surface area contributed by atoms with Gasteiger partial charge in [0.15, 0.2) is 11.0 Å². The van der Waals surface area contributed by atoms with Crippen LogP contribution in [0.25, 0.3) is 17.1 Å². The lowest BCUT2D eigenvalue weighted by Crippen LogP contribution is -2.31. The van der Waals surface area contributed by atoms with E-state index < -0.39 is 0 Å². The van der Waals surface area contributed by atoms with Gasteiger partial charge in [-0.2, -0.15) is 0 Å². The summed E-state index contributed by atoms with van der Waals surface area (Å²) in [5, 5.41) is 15.2. The molecule has 1 N–H and O–H groups in total. The van der Waals surface area contributed by atoms with Crippen molar-refractivity contribution < 1.29 is 4.79 Å². The topological polar surface area (TPSA) is 88.8 Å². The Balaban J connectivity index is 1.52. The first-order valence-corrected chi connectivity index (χ1v) is 12.3. The summed E-state index contributed by atoms with van der Waals surface area (Å²) in [7, 11) is 3.94. The maximum atomic E-state index is 12.3. The van der Waals surface area contributed by atoms with Crippen molar-refractivity contribution in [3.63, 3.8) is 0 Å². The van der Waals surface area contributed by atoms with E-state index in [1.54, 1.807) is 17.8 Å². The number of hydrogen-bond donors (Lipinski definition) is 1. The molecule has 0 saturated heterocycles. The van der Waals surface area contributed by atoms with Crippen LogP contribution in [-0.2, 0) is 5.75 Å². The summed E-state index contributed by atoms with van der Waals surface area (Å²) in [5.41, 5.74) is 3.50. The van der Waals surface area contributed by atoms with Crippen LogP contribution in [-0.4, -0.2) is 62.7 Å². The lowest BCUT2D eigenvalue weighted by molar-refractivity contribution is 0.0946. The van der Waals surface area contributed by atoms with Gasteiger partial charge in [0.2, 0.25) is 0 Å². The number of benzene rings is 1. The van der Waals surface area contributed by atoms with Crippen molar-refractivity contribution in [2.75, 3.05) is 27.2 Å². The van der Waals surface area contributed by atoms with E-state index in [-0.39, 0.29) is 5.91 Å². The zero-order valence-corrected chi connectivity index (χ0v) is 20.4. The number of aromatic nitrogens is 5. The van der Waals surface area contributed by atoms with Gasteiger partial charge in [-0.25, -0.2) is 4.98 Å². The molecule has 10 heteroatoms. The maximum Gasteiger partial charge on any atom is 0.270 e. The Kier molecular flexibility index (Phi) is 7.48. The van der Waals surface area contributed by atoms with E-state index in [0.29, 0.717) is 18.0 Å². The van der Waals surface area contributed by atoms with E-state index in [9.17, 15) is 4.79 Å². The molecule has 0 fully saturated rings. The summed E-state index contributed by atoms with van der Waals surface area (Å²) < 4.78 is 2.03. The van der Waals surface area contributed by atoms with Crippen LogP contribution in [0.3, 0.4) is 0 Å². The first kappa shape index (κ1) is 23.1. The summed E-state index contributed by atoms with van der Waals surface area (Å²) in [5.74, 6) is 1.17. The Morgan fingerprint density at radius 3 is 2.73 bits per heavy atom. The van der Waals surface area contributed by atoms with E-state index in [1.165, 1.54) is 28.7 Å². The van der Waals surface area contributed by atoms with Gasteiger partial charge in [0, 0.05) is 42.1 Å². The van der Waals surface area contributed by atoms with E-state index in [2.05, 4.69) is 56.7 Å². The van der Waals surface area contributed by atoms with E-state index in [1.807, 2.05) is 35.7 Å². The molecule has 0 bridgehead atoms. The molecule has 8 nitrogen and oxygen atoms in total. The van der Waals surface area contributed by atoms with Gasteiger partial charge in [0.05, 0.1) is 5.75 Å². The van der Waals surface area contributed by atoms with Crippen molar-refractivity contribution in [2.24, 2.45) is 0 Å². The van der Waals surface area contributed by atoms with Gasteiger partial charge in [0.1, 0.15) is 10.7 Å². The number of hydrogen-bond acceptors (Lipinski definition) is 8. The van der Waals surface area contributed by atoms with Crippen LogP contribution in [0.2, 0.25) is 0 Å². The number of carbonyl (C=O) groups excluding carboxylic acids is 1. The third-order valence-electron chi connectivity index (χ3n) is 4.80. The largest absolute Gasteiger partial charge is 0.349 e. The lowest BCUT2D eigenvalue weighted by atomic mass is 10.2. The summed E-state index contributed by atoms with van der Waals surface area (Å²) >= 11 is 3.01. The molecule has 0 aliphatic carbocycles. The molecule has 4 rings (SSSR count). The van der Waals surface area contributed by atoms with Crippen LogP contribution < -0.4 is 5.32 Å². The van der Waals surface area contributed by atoms with Crippen molar-refractivity contribution in [1.82, 2.24) is 34.9 Å². The smallest absolute Gasteiger partial charge is 0.270 e. The number of pyridine rings is 1. The minimum atomic E-state index is -0.147. The van der Waals surface area contributed by atoms with Crippen molar-refractivity contribution >= 4 is 29.0 Å². The van der Waals surface area contributed by atoms with Crippen LogP contribution in [0, 0.1) is 6.92 Å². The molecule has 1 amide bonds. The molecular weight excluding hydrogens is 454 g/mol. The second-order valence-corrected chi connectivity index (χ2v) is 9.58. The average Bonchev–Trinajstić information content (AvgIpc) is 3.46. The van der Waals surface area contributed by atoms with E-state index in [4.69, 9.17) is 0 Å². The molecule has 3 heterocycles. The second kappa shape index (κ2) is 10.7. The molecule has 3 aromatic heterocycles. The highest BCUT2D eigenvalue weighted by atomic mass is 32.2. The minimum Gasteiger partial charge on any atom is -0.349 e. The van der Waals surface area contributed by atoms with Gasteiger partial charge < -0.3 is 10.2 Å². The van der Waals surface area contributed by atoms with Crippen molar-refractivity contribution in [3.05, 3.63) is 70.4 Å². The molecule has 33 heavy (non-hydrogen) atoms. The monoisotopic (exact) mass is 479 g/mol. The number of aryl methyl sites for hydroxylation is 1. The summed E-state index contributed by atoms with van der Waals surface area (Å²) in [6.07, 6.45) is 3.52. The predicted octanol–water partition coefficient (Wildman–Crippen LogP) is 3.68. The number of thiazole rings is 1. The van der Waals surface area contributed by atoms with Gasteiger partial charge in [0.25, 0.3) is 5.91 Å². The number of likely N-dealkylation sites (N-methyl/N-ethyl adjacent to an activating group) is 1. The van der Waals surface area contributed by atoms with Crippen molar-refractivity contribution in [2.45, 2.75) is 17.8 Å². The Morgan fingerprint density at radius 1 is 1.18 bits per heavy atom. The van der Waals surface area contributed by atoms with Gasteiger partial charge in [-0.1, -0.05) is 29.5 Å². The third kappa shape index (κ3) is 5.84. The van der Waals surface area contributed by atoms with Gasteiger partial charge >= 0.3 is 0 Å². The van der Waals surface area contributed by atoms with Crippen LogP contribution in [0.15, 0.2) is 59.3 Å². The van der Waals surface area contributed by atoms with Gasteiger partial charge in [-0.05, 0) is 45.3 Å². The third-order valence-corrected chi connectivity index (χ3v) is 6.77. The number of thioether (sulfide) groups is 1. The number of nitrogens with one attached hydrogen (secondary N) is 1. The SMILES string of the molecule is Cc1ccc(-n2c(SCc3nc(C(=O)NCCN(C)C)cs3)nnc2-c2cccnc2)cc1. The Morgan fingerprint density at radius 2 is 2.00 bits per heavy atom. The first-order chi connectivity index (χ1) is 16.0. The van der Waals surface area contributed by atoms with Crippen LogP contribution in [0.4, 0.5) is 0 Å². The first-order valence-electron chi connectivity index (χ1n) is 10.4. The van der Waals surface area contributed by atoms with Crippen LogP contribution in [0.5, 0.6) is 0 Å². The number of amides is 1. The number of carbonyl (C=O) groups is 1. The van der Waals surface area contributed by atoms with E-state index >= 15 is 0 Å². The van der Waals surface area contributed by atoms with Crippen LogP contribution in [0.1, 0.15) is 21.1 Å². The molecule has 0 saturated carbocycles. The number of rotatable bonds is 9. The number of nitrogens with zero attached hydrogens (tertiary/aromatic N) is 6. The fraction of sp³-hybridized carbons (Fsp3) is 0.261. The molecule has 0 radical (unpaired) electrons. The summed E-state index contributed by atoms with van der Waals surface area (Å²) in [6.45, 7) is 3.43. The molecular formula is C23H25N7OS2. The van der Waals surface area contributed by atoms with E-state index in [0.717, 1.165) is 33.8 Å². The Bertz CT molecular complexity index is 1200. The zero-order chi connectivity index (χ0) is 23.2. The highest BCUT2D eigenvalue weighted by Crippen LogP contribution is 2.30. The molecule has 0 aliphatic rings. The Hall–Kier alpha value is -3.08. The molecule has 0 atom stereocenters. The molecule has 0 aliphatic heterocycles. The van der Waals surface area contributed by atoms with Crippen molar-refractivity contribution in [1.29, 1.82) is 0 Å². The molecule has 0 spiro atoms. The fourth-order valence-electron chi connectivity index (χ4n) is 3.06. The highest BCUT2D eigenvalue weighted by Gasteiger charge is 2.18. The molecule has 170 valence electrons. The standard InChI is InChI=1S/C23H25N7OS2/c1-16-6-8-18(9-7-16)30-21(17-5-4-10-24-13-17)27-28-23(30)33-15-20-26-19(14-32-20)22(31)25-11-12-29(2)3/h4-10,13-14H,11-12,15H2,1-3H3,(H,25,31). The van der Waals surface area contributed by atoms with Gasteiger partial charge in [-0.15, -0.1) is 21.5 Å². The quantitative estimate of drug-likeness (QED) is 0.366. The second-order valence-electron chi connectivity index (χ2n) is 7.69.